The van der Waals surface area contributed by atoms with Crippen molar-refractivity contribution in [2.75, 3.05) is 50.1 Å². The van der Waals surface area contributed by atoms with Crippen LogP contribution in [0.1, 0.15) is 11.1 Å². The molecule has 0 spiro atoms. The summed E-state index contributed by atoms with van der Waals surface area (Å²) in [7, 11) is 1.73. The number of anilines is 1. The molecule has 0 saturated carbocycles. The van der Waals surface area contributed by atoms with Crippen LogP contribution >= 0.6 is 11.8 Å². The number of urea groups is 1. The molecular weight excluding hydrogens is 398 g/mol. The van der Waals surface area contributed by atoms with E-state index in [1.165, 1.54) is 5.56 Å². The molecule has 1 heterocycles. The first-order valence-corrected chi connectivity index (χ1v) is 11.3. The maximum Gasteiger partial charge on any atom is 0.321 e. The van der Waals surface area contributed by atoms with Gasteiger partial charge in [-0.15, -0.1) is 0 Å². The van der Waals surface area contributed by atoms with E-state index in [2.05, 4.69) is 5.32 Å². The lowest BCUT2D eigenvalue weighted by Crippen LogP contribution is -2.38. The Morgan fingerprint density at radius 3 is 2.40 bits per heavy atom. The molecule has 3 amide bonds. The number of aryl methyl sites for hydroxylation is 1. The van der Waals surface area contributed by atoms with E-state index < -0.39 is 0 Å². The number of nitrogens with one attached hydrogen (secondary N) is 1. The highest BCUT2D eigenvalue weighted by Crippen LogP contribution is 2.15. The van der Waals surface area contributed by atoms with Gasteiger partial charge in [-0.1, -0.05) is 29.8 Å². The van der Waals surface area contributed by atoms with Gasteiger partial charge in [-0.2, -0.15) is 11.8 Å². The second kappa shape index (κ2) is 10.9. The quantitative estimate of drug-likeness (QED) is 0.733. The van der Waals surface area contributed by atoms with Crippen LogP contribution in [0.15, 0.2) is 48.5 Å². The summed E-state index contributed by atoms with van der Waals surface area (Å²) in [5, 5.41) is 2.88. The van der Waals surface area contributed by atoms with Gasteiger partial charge in [-0.3, -0.25) is 4.79 Å². The molecule has 1 N–H and O–H groups in total. The Morgan fingerprint density at radius 1 is 1.07 bits per heavy atom. The Balaban J connectivity index is 1.41. The normalized spacial score (nSPS) is 13.6. The third-order valence-corrected chi connectivity index (χ3v) is 5.93. The molecule has 0 unspecified atom stereocenters. The molecule has 1 aliphatic heterocycles. The van der Waals surface area contributed by atoms with Crippen LogP contribution in [0, 0.1) is 6.92 Å². The second-order valence-corrected chi connectivity index (χ2v) is 8.60. The Hall–Kier alpha value is -2.67. The van der Waals surface area contributed by atoms with Crippen molar-refractivity contribution < 1.29 is 14.3 Å². The van der Waals surface area contributed by atoms with Crippen molar-refractivity contribution >= 4 is 29.4 Å². The number of rotatable bonds is 7. The van der Waals surface area contributed by atoms with Crippen molar-refractivity contribution in [2.24, 2.45) is 0 Å². The summed E-state index contributed by atoms with van der Waals surface area (Å²) in [6, 6.07) is 15.1. The van der Waals surface area contributed by atoms with Crippen LogP contribution in [0.4, 0.5) is 10.5 Å². The highest BCUT2D eigenvalue weighted by molar-refractivity contribution is 7.99. The van der Waals surface area contributed by atoms with Crippen molar-refractivity contribution in [2.45, 2.75) is 13.3 Å². The van der Waals surface area contributed by atoms with Gasteiger partial charge in [0.25, 0.3) is 0 Å². The standard InChI is InChI=1S/C23H29N3O3S/c1-18-3-9-21(10-4-18)29-14-11-25(2)23(28)24-20-7-5-19(6-8-20)17-22(27)26-12-15-30-16-13-26/h3-10H,11-17H2,1-2H3,(H,24,28). The van der Waals surface area contributed by atoms with Crippen molar-refractivity contribution in [3.05, 3.63) is 59.7 Å². The summed E-state index contributed by atoms with van der Waals surface area (Å²) in [6.45, 7) is 4.58. The Bertz CT molecular complexity index is 834. The van der Waals surface area contributed by atoms with Crippen LogP contribution in [0.3, 0.4) is 0 Å². The number of thioether (sulfide) groups is 1. The van der Waals surface area contributed by atoms with E-state index in [9.17, 15) is 9.59 Å². The summed E-state index contributed by atoms with van der Waals surface area (Å²) < 4.78 is 5.68. The molecule has 1 fully saturated rings. The molecule has 0 aromatic heterocycles. The second-order valence-electron chi connectivity index (χ2n) is 7.38. The SMILES string of the molecule is Cc1ccc(OCCN(C)C(=O)Nc2ccc(CC(=O)N3CCSCC3)cc2)cc1. The zero-order chi connectivity index (χ0) is 21.3. The molecule has 0 bridgehead atoms. The number of amides is 3. The number of benzene rings is 2. The summed E-state index contributed by atoms with van der Waals surface area (Å²) in [4.78, 5) is 28.2. The summed E-state index contributed by atoms with van der Waals surface area (Å²) >= 11 is 1.89. The fourth-order valence-corrected chi connectivity index (χ4v) is 3.96. The predicted molar refractivity (Wildman–Crippen MR) is 122 cm³/mol. The lowest BCUT2D eigenvalue weighted by Gasteiger charge is -2.26. The monoisotopic (exact) mass is 427 g/mol. The van der Waals surface area contributed by atoms with Gasteiger partial charge >= 0.3 is 6.03 Å². The van der Waals surface area contributed by atoms with Crippen molar-refractivity contribution in [1.82, 2.24) is 9.80 Å². The highest BCUT2D eigenvalue weighted by Gasteiger charge is 2.17. The Morgan fingerprint density at radius 2 is 1.73 bits per heavy atom. The molecule has 3 rings (SSSR count). The molecule has 0 aliphatic carbocycles. The number of carbonyl (C=O) groups is 2. The first-order valence-electron chi connectivity index (χ1n) is 10.2. The average Bonchev–Trinajstić information content (AvgIpc) is 2.77. The smallest absolute Gasteiger partial charge is 0.321 e. The molecule has 6 nitrogen and oxygen atoms in total. The van der Waals surface area contributed by atoms with Gasteiger partial charge < -0.3 is 19.9 Å². The molecule has 1 aliphatic rings. The van der Waals surface area contributed by atoms with Crippen LogP contribution in [0.5, 0.6) is 5.75 Å². The van der Waals surface area contributed by atoms with E-state index in [4.69, 9.17) is 4.74 Å². The average molecular weight is 428 g/mol. The molecule has 2 aromatic carbocycles. The number of carbonyl (C=O) groups excluding carboxylic acids is 2. The van der Waals surface area contributed by atoms with E-state index in [0.29, 0.717) is 25.3 Å². The maximum absolute atomic E-state index is 12.4. The van der Waals surface area contributed by atoms with Crippen molar-refractivity contribution in [1.29, 1.82) is 0 Å². The third kappa shape index (κ3) is 6.69. The minimum absolute atomic E-state index is 0.167. The molecule has 0 radical (unpaired) electrons. The van der Waals surface area contributed by atoms with E-state index >= 15 is 0 Å². The molecule has 2 aromatic rings. The van der Waals surface area contributed by atoms with Gasteiger partial charge in [0.05, 0.1) is 13.0 Å². The number of likely N-dealkylation sites (N-methyl/N-ethyl adjacent to an activating group) is 1. The zero-order valence-electron chi connectivity index (χ0n) is 17.6. The minimum atomic E-state index is -0.197. The van der Waals surface area contributed by atoms with Crippen LogP contribution in [-0.4, -0.2) is 66.5 Å². The number of ether oxygens (including phenoxy) is 1. The van der Waals surface area contributed by atoms with Gasteiger partial charge in [0.2, 0.25) is 5.91 Å². The first kappa shape index (κ1) is 22.0. The summed E-state index contributed by atoms with van der Waals surface area (Å²) in [5.41, 5.74) is 2.84. The van der Waals surface area contributed by atoms with Crippen LogP contribution in [0.25, 0.3) is 0 Å². The number of hydrogen-bond acceptors (Lipinski definition) is 4. The highest BCUT2D eigenvalue weighted by atomic mass is 32.2. The van der Waals surface area contributed by atoms with Crippen LogP contribution in [0.2, 0.25) is 0 Å². The topological polar surface area (TPSA) is 61.9 Å². The zero-order valence-corrected chi connectivity index (χ0v) is 18.4. The number of hydrogen-bond donors (Lipinski definition) is 1. The molecule has 1 saturated heterocycles. The van der Waals surface area contributed by atoms with Gasteiger partial charge in [-0.25, -0.2) is 4.79 Å². The Labute approximate surface area is 182 Å². The summed E-state index contributed by atoms with van der Waals surface area (Å²) in [6.07, 6.45) is 0.398. The molecule has 7 heteroatoms. The fraction of sp³-hybridized carbons (Fsp3) is 0.391. The van der Waals surface area contributed by atoms with Gasteiger partial charge in [0.1, 0.15) is 12.4 Å². The minimum Gasteiger partial charge on any atom is -0.492 e. The molecule has 160 valence electrons. The van der Waals surface area contributed by atoms with Gasteiger partial charge in [-0.05, 0) is 36.8 Å². The summed E-state index contributed by atoms with van der Waals surface area (Å²) in [5.74, 6) is 2.99. The van der Waals surface area contributed by atoms with Crippen LogP contribution < -0.4 is 10.1 Å². The third-order valence-electron chi connectivity index (χ3n) is 4.99. The maximum atomic E-state index is 12.4. The molecule has 30 heavy (non-hydrogen) atoms. The van der Waals surface area contributed by atoms with E-state index in [0.717, 1.165) is 35.9 Å². The van der Waals surface area contributed by atoms with Gasteiger partial charge in [0, 0.05) is 37.3 Å². The van der Waals surface area contributed by atoms with Crippen molar-refractivity contribution in [3.63, 3.8) is 0 Å². The molecule has 0 atom stereocenters. The first-order chi connectivity index (χ1) is 14.5. The Kier molecular flexibility index (Phi) is 8.02. The van der Waals surface area contributed by atoms with E-state index in [1.54, 1.807) is 11.9 Å². The predicted octanol–water partition coefficient (Wildman–Crippen LogP) is 3.66. The van der Waals surface area contributed by atoms with E-state index in [-0.39, 0.29) is 11.9 Å². The van der Waals surface area contributed by atoms with Gasteiger partial charge in [0.15, 0.2) is 0 Å². The lowest BCUT2D eigenvalue weighted by atomic mass is 10.1. The largest absolute Gasteiger partial charge is 0.492 e. The lowest BCUT2D eigenvalue weighted by molar-refractivity contribution is -0.130. The van der Waals surface area contributed by atoms with Crippen molar-refractivity contribution in [3.8, 4) is 5.75 Å². The number of nitrogens with zero attached hydrogens (tertiary/aromatic N) is 2. The molecular formula is C23H29N3O3S. The fourth-order valence-electron chi connectivity index (χ4n) is 3.06. The van der Waals surface area contributed by atoms with Crippen LogP contribution in [-0.2, 0) is 11.2 Å². The van der Waals surface area contributed by atoms with E-state index in [1.807, 2.05) is 72.1 Å².